The number of benzene rings is 2. The van der Waals surface area contributed by atoms with E-state index in [1.165, 1.54) is 19.3 Å². The molecule has 0 aliphatic carbocycles. The lowest BCUT2D eigenvalue weighted by Gasteiger charge is -2.12. The topological polar surface area (TPSA) is 111 Å². The Bertz CT molecular complexity index is 1090. The van der Waals surface area contributed by atoms with E-state index in [0.29, 0.717) is 5.56 Å². The number of nitrogens with zero attached hydrogens (tertiary/aromatic N) is 1. The van der Waals surface area contributed by atoms with Crippen LogP contribution in [0.2, 0.25) is 0 Å². The lowest BCUT2D eigenvalue weighted by atomic mass is 10.00. The molecule has 7 nitrogen and oxygen atoms in total. The molecule has 1 heterocycles. The highest BCUT2D eigenvalue weighted by molar-refractivity contribution is 6.47. The summed E-state index contributed by atoms with van der Waals surface area (Å²) in [6.07, 6.45) is 1.26. The molecule has 2 aromatic rings. The van der Waals surface area contributed by atoms with Gasteiger partial charge in [-0.2, -0.15) is 0 Å². The number of nitrogens with one attached hydrogen (secondary N) is 1. The van der Waals surface area contributed by atoms with Crippen LogP contribution >= 0.6 is 0 Å². The maximum absolute atomic E-state index is 13.8. The molecule has 0 bridgehead atoms. The Labute approximate surface area is 170 Å². The number of ether oxygens (including phenoxy) is 1. The van der Waals surface area contributed by atoms with Crippen LogP contribution in [0.15, 0.2) is 53.2 Å². The van der Waals surface area contributed by atoms with E-state index in [1.54, 1.807) is 12.1 Å². The number of Topliss-reactive ketones (excluding diaryl/α,β-unsaturated/α-hetero) is 1. The third-order valence-corrected chi connectivity index (χ3v) is 4.45. The molecule has 0 radical (unpaired) electrons. The molecule has 0 fully saturated rings. The zero-order chi connectivity index (χ0) is 21.8. The lowest BCUT2D eigenvalue weighted by Crippen LogP contribution is -2.31. The minimum atomic E-state index is -1.04. The van der Waals surface area contributed by atoms with Gasteiger partial charge in [0.25, 0.3) is 5.91 Å². The van der Waals surface area contributed by atoms with Crippen LogP contribution in [-0.2, 0) is 16.0 Å². The van der Waals surface area contributed by atoms with E-state index in [0.717, 1.165) is 18.2 Å². The molecule has 0 saturated carbocycles. The smallest absolute Gasteiger partial charge is 0.339 e. The van der Waals surface area contributed by atoms with Crippen LogP contribution in [0.4, 0.5) is 14.5 Å². The van der Waals surface area contributed by atoms with Crippen molar-refractivity contribution in [2.24, 2.45) is 4.99 Å². The molecule has 3 N–H and O–H groups in total. The van der Waals surface area contributed by atoms with Crippen LogP contribution < -0.4 is 11.1 Å². The molecule has 9 heteroatoms. The number of methoxy groups -OCH3 is 1. The maximum Gasteiger partial charge on any atom is 0.339 e. The summed E-state index contributed by atoms with van der Waals surface area (Å²) in [4.78, 5) is 40.9. The van der Waals surface area contributed by atoms with Crippen molar-refractivity contribution in [1.82, 2.24) is 5.32 Å². The first-order valence-electron chi connectivity index (χ1n) is 8.82. The minimum absolute atomic E-state index is 0.0512. The molecule has 154 valence electrons. The Morgan fingerprint density at radius 3 is 2.47 bits per heavy atom. The molecule has 0 spiro atoms. The average Bonchev–Trinajstić information content (AvgIpc) is 3.17. The van der Waals surface area contributed by atoms with E-state index >= 15 is 0 Å². The normalized spacial score (nSPS) is 12.8. The SMILES string of the molecule is COC(=O)c1cccc(CC(=O)C2=NCC=C2NC(=O)c2c(F)cccc2F)c1N. The van der Waals surface area contributed by atoms with E-state index in [9.17, 15) is 23.2 Å². The molecule has 3 rings (SSSR count). The van der Waals surface area contributed by atoms with E-state index in [4.69, 9.17) is 5.73 Å². The van der Waals surface area contributed by atoms with Gasteiger partial charge in [0.15, 0.2) is 5.78 Å². The number of halogens is 2. The molecular formula is C21H17F2N3O4. The molecule has 1 aliphatic heterocycles. The number of aliphatic imine (C=N–C) groups is 1. The van der Waals surface area contributed by atoms with Crippen molar-refractivity contribution in [1.29, 1.82) is 0 Å². The third kappa shape index (κ3) is 4.09. The van der Waals surface area contributed by atoms with Gasteiger partial charge in [-0.15, -0.1) is 0 Å². The number of nitrogen functional groups attached to an aromatic ring is 1. The van der Waals surface area contributed by atoms with Crippen molar-refractivity contribution < 1.29 is 27.9 Å². The van der Waals surface area contributed by atoms with Crippen LogP contribution in [0.5, 0.6) is 0 Å². The van der Waals surface area contributed by atoms with Gasteiger partial charge in [0.1, 0.15) is 22.9 Å². The Morgan fingerprint density at radius 1 is 1.13 bits per heavy atom. The zero-order valence-electron chi connectivity index (χ0n) is 15.9. The van der Waals surface area contributed by atoms with Crippen molar-refractivity contribution in [3.8, 4) is 0 Å². The summed E-state index contributed by atoms with van der Waals surface area (Å²) in [7, 11) is 1.21. The van der Waals surface area contributed by atoms with Gasteiger partial charge in [0.2, 0.25) is 0 Å². The summed E-state index contributed by atoms with van der Waals surface area (Å²) < 4.78 is 32.3. The number of hydrogen-bond donors (Lipinski definition) is 2. The predicted molar refractivity (Wildman–Crippen MR) is 105 cm³/mol. The monoisotopic (exact) mass is 413 g/mol. The molecular weight excluding hydrogens is 396 g/mol. The first kappa shape index (κ1) is 20.8. The zero-order valence-corrected chi connectivity index (χ0v) is 15.9. The molecule has 0 atom stereocenters. The van der Waals surface area contributed by atoms with Gasteiger partial charge in [0.05, 0.1) is 24.9 Å². The summed E-state index contributed by atoms with van der Waals surface area (Å²) in [5.74, 6) is -4.21. The Morgan fingerprint density at radius 2 is 1.80 bits per heavy atom. The van der Waals surface area contributed by atoms with Crippen LogP contribution in [-0.4, -0.2) is 37.0 Å². The van der Waals surface area contributed by atoms with Crippen molar-refractivity contribution in [2.75, 3.05) is 19.4 Å². The molecule has 1 amide bonds. The molecule has 0 unspecified atom stereocenters. The van der Waals surface area contributed by atoms with Gasteiger partial charge < -0.3 is 15.8 Å². The average molecular weight is 413 g/mol. The van der Waals surface area contributed by atoms with Gasteiger partial charge in [-0.1, -0.05) is 18.2 Å². The van der Waals surface area contributed by atoms with E-state index in [1.807, 2.05) is 0 Å². The van der Waals surface area contributed by atoms with Crippen LogP contribution in [0.25, 0.3) is 0 Å². The number of rotatable bonds is 6. The summed E-state index contributed by atoms with van der Waals surface area (Å²) >= 11 is 0. The number of ketones is 1. The van der Waals surface area contributed by atoms with Crippen molar-refractivity contribution in [3.05, 3.63) is 76.5 Å². The second-order valence-electron chi connectivity index (χ2n) is 6.33. The van der Waals surface area contributed by atoms with Gasteiger partial charge in [0, 0.05) is 12.1 Å². The van der Waals surface area contributed by atoms with E-state index in [2.05, 4.69) is 15.0 Å². The molecule has 0 aromatic heterocycles. The van der Waals surface area contributed by atoms with Crippen LogP contribution in [0.1, 0.15) is 26.3 Å². The number of allylic oxidation sites excluding steroid dienone is 1. The number of hydrogen-bond acceptors (Lipinski definition) is 6. The van der Waals surface area contributed by atoms with Crippen molar-refractivity contribution >= 4 is 29.1 Å². The molecule has 2 aromatic carbocycles. The Hall–Kier alpha value is -3.88. The molecule has 0 saturated heterocycles. The number of carbonyl (C=O) groups is 3. The lowest BCUT2D eigenvalue weighted by molar-refractivity contribution is -0.112. The standard InChI is InChI=1S/C21H17F2N3O4/c1-30-21(29)12-5-2-4-11(18(12)24)10-16(27)19-15(8-9-25-19)26-20(28)17-13(22)6-3-7-14(17)23/h2-8H,9-10,24H2,1H3,(H,26,28). The highest BCUT2D eigenvalue weighted by Crippen LogP contribution is 2.21. The van der Waals surface area contributed by atoms with Gasteiger partial charge >= 0.3 is 5.97 Å². The Kier molecular flexibility index (Phi) is 6.01. The van der Waals surface area contributed by atoms with Crippen LogP contribution in [0, 0.1) is 11.6 Å². The van der Waals surface area contributed by atoms with E-state index < -0.39 is 34.9 Å². The highest BCUT2D eigenvalue weighted by Gasteiger charge is 2.25. The number of esters is 1. The summed E-state index contributed by atoms with van der Waals surface area (Å²) in [5, 5.41) is 2.33. The van der Waals surface area contributed by atoms with Crippen molar-refractivity contribution in [3.63, 3.8) is 0 Å². The van der Waals surface area contributed by atoms with Gasteiger partial charge in [-0.05, 0) is 29.8 Å². The predicted octanol–water partition coefficient (Wildman–Crippen LogP) is 2.21. The van der Waals surface area contributed by atoms with Crippen molar-refractivity contribution in [2.45, 2.75) is 6.42 Å². The summed E-state index contributed by atoms with van der Waals surface area (Å²) in [6, 6.07) is 7.65. The van der Waals surface area contributed by atoms with Gasteiger partial charge in [-0.25, -0.2) is 13.6 Å². The number of para-hydroxylation sites is 1. The largest absolute Gasteiger partial charge is 0.465 e. The second kappa shape index (κ2) is 8.64. The van der Waals surface area contributed by atoms with E-state index in [-0.39, 0.29) is 35.6 Å². The fraction of sp³-hybridized carbons (Fsp3) is 0.143. The number of carbonyl (C=O) groups excluding carboxylic acids is 3. The number of amides is 1. The van der Waals surface area contributed by atoms with Gasteiger partial charge in [-0.3, -0.25) is 14.6 Å². The summed E-state index contributed by atoms with van der Waals surface area (Å²) in [6.45, 7) is 0.119. The second-order valence-corrected chi connectivity index (χ2v) is 6.33. The fourth-order valence-corrected chi connectivity index (χ4v) is 2.97. The quantitative estimate of drug-likeness (QED) is 0.557. The highest BCUT2D eigenvalue weighted by atomic mass is 19.1. The van der Waals surface area contributed by atoms with Crippen LogP contribution in [0.3, 0.4) is 0 Å². The first-order valence-corrected chi connectivity index (χ1v) is 8.82. The molecule has 1 aliphatic rings. The number of anilines is 1. The fourth-order valence-electron chi connectivity index (χ4n) is 2.97. The molecule has 30 heavy (non-hydrogen) atoms. The minimum Gasteiger partial charge on any atom is -0.465 e. The Balaban J connectivity index is 1.77. The maximum atomic E-state index is 13.8. The summed E-state index contributed by atoms with van der Waals surface area (Å²) in [5.41, 5.74) is 5.81. The third-order valence-electron chi connectivity index (χ3n) is 4.45. The number of nitrogens with two attached hydrogens (primary N) is 1. The first-order chi connectivity index (χ1) is 14.3.